The van der Waals surface area contributed by atoms with E-state index in [-0.39, 0.29) is 23.6 Å². The average Bonchev–Trinajstić information content (AvgIpc) is 3.02. The average molecular weight is 369 g/mol. The Morgan fingerprint density at radius 3 is 2.84 bits per heavy atom. The van der Waals surface area contributed by atoms with Crippen LogP contribution < -0.4 is 10.2 Å². The summed E-state index contributed by atoms with van der Waals surface area (Å²) in [7, 11) is 0. The first kappa shape index (κ1) is 16.1. The zero-order valence-corrected chi connectivity index (χ0v) is 15.1. The van der Waals surface area contributed by atoms with Crippen LogP contribution in [0.5, 0.6) is 0 Å². The van der Waals surface area contributed by atoms with E-state index in [1.807, 2.05) is 49.4 Å². The topological polar surface area (TPSA) is 62.3 Å². The highest BCUT2D eigenvalue weighted by molar-refractivity contribution is 8.02. The van der Waals surface area contributed by atoms with Crippen LogP contribution >= 0.6 is 23.1 Å². The fraction of sp³-hybridized carbons (Fsp3) is 0.167. The van der Waals surface area contributed by atoms with Crippen molar-refractivity contribution >= 4 is 56.5 Å². The number of para-hydroxylation sites is 3. The van der Waals surface area contributed by atoms with E-state index in [9.17, 15) is 9.59 Å². The molecule has 0 radical (unpaired) electrons. The number of thiazole rings is 1. The number of benzene rings is 2. The number of hydrogen-bond acceptors (Lipinski definition) is 5. The Balaban J connectivity index is 1.57. The molecule has 1 aliphatic rings. The molecule has 1 N–H and O–H groups in total. The molecule has 0 fully saturated rings. The first-order chi connectivity index (χ1) is 12.1. The highest BCUT2D eigenvalue weighted by Gasteiger charge is 2.30. The van der Waals surface area contributed by atoms with Crippen molar-refractivity contribution in [2.24, 2.45) is 0 Å². The second-order valence-electron chi connectivity index (χ2n) is 5.70. The van der Waals surface area contributed by atoms with Crippen molar-refractivity contribution in [1.29, 1.82) is 0 Å². The number of amides is 2. The lowest BCUT2D eigenvalue weighted by Gasteiger charge is -2.30. The number of thioether (sulfide) groups is 1. The minimum Gasteiger partial charge on any atom is -0.323 e. The first-order valence-electron chi connectivity index (χ1n) is 7.84. The first-order valence-corrected chi connectivity index (χ1v) is 9.54. The molecule has 1 aliphatic heterocycles. The highest BCUT2D eigenvalue weighted by Crippen LogP contribution is 2.35. The molecular weight excluding hydrogens is 354 g/mol. The quantitative estimate of drug-likeness (QED) is 0.714. The van der Waals surface area contributed by atoms with Crippen LogP contribution in [0.3, 0.4) is 0 Å². The Morgan fingerprint density at radius 2 is 2.00 bits per heavy atom. The van der Waals surface area contributed by atoms with Crippen LogP contribution in [0.2, 0.25) is 0 Å². The van der Waals surface area contributed by atoms with E-state index in [0.717, 1.165) is 20.2 Å². The number of anilines is 2. The highest BCUT2D eigenvalue weighted by atomic mass is 32.2. The molecule has 0 saturated carbocycles. The molecule has 0 aliphatic carbocycles. The second kappa shape index (κ2) is 6.50. The number of nitrogens with one attached hydrogen (secondary N) is 1. The van der Waals surface area contributed by atoms with Gasteiger partial charge in [-0.05, 0) is 31.2 Å². The third-order valence-electron chi connectivity index (χ3n) is 3.94. The summed E-state index contributed by atoms with van der Waals surface area (Å²) in [4.78, 5) is 31.0. The predicted octanol–water partition coefficient (Wildman–Crippen LogP) is 3.76. The number of fused-ring (bicyclic) bond motifs is 2. The molecular formula is C18H15N3O2S2. The van der Waals surface area contributed by atoms with Gasteiger partial charge in [-0.25, -0.2) is 4.98 Å². The molecule has 0 bridgehead atoms. The van der Waals surface area contributed by atoms with Crippen molar-refractivity contribution in [1.82, 2.24) is 4.98 Å². The molecule has 3 aromatic rings. The van der Waals surface area contributed by atoms with E-state index < -0.39 is 0 Å². The molecule has 2 heterocycles. The number of carbonyl (C=O) groups excluding carboxylic acids is 2. The summed E-state index contributed by atoms with van der Waals surface area (Å²) >= 11 is 3.01. The lowest BCUT2D eigenvalue weighted by Crippen LogP contribution is -2.45. The Hall–Kier alpha value is -2.38. The smallest absolute Gasteiger partial charge is 0.244 e. The number of hydrogen-bond donors (Lipinski definition) is 1. The van der Waals surface area contributed by atoms with Gasteiger partial charge in [-0.1, -0.05) is 36.0 Å². The largest absolute Gasteiger partial charge is 0.323 e. The Morgan fingerprint density at radius 1 is 1.24 bits per heavy atom. The van der Waals surface area contributed by atoms with Crippen molar-refractivity contribution in [2.75, 3.05) is 16.8 Å². The molecule has 0 saturated heterocycles. The van der Waals surface area contributed by atoms with E-state index in [0.29, 0.717) is 5.69 Å². The summed E-state index contributed by atoms with van der Waals surface area (Å²) < 4.78 is 1.96. The van der Waals surface area contributed by atoms with Crippen LogP contribution in [0.25, 0.3) is 10.2 Å². The van der Waals surface area contributed by atoms with Crippen LogP contribution in [-0.2, 0) is 9.59 Å². The molecule has 0 unspecified atom stereocenters. The molecule has 5 nitrogen and oxygen atoms in total. The summed E-state index contributed by atoms with van der Waals surface area (Å²) in [6, 6.07) is 15.3. The van der Waals surface area contributed by atoms with Gasteiger partial charge in [0.25, 0.3) is 0 Å². The van der Waals surface area contributed by atoms with Crippen molar-refractivity contribution in [3.8, 4) is 0 Å². The Kier molecular flexibility index (Phi) is 4.19. The van der Waals surface area contributed by atoms with Gasteiger partial charge < -0.3 is 5.32 Å². The third kappa shape index (κ3) is 3.12. The van der Waals surface area contributed by atoms with E-state index in [1.165, 1.54) is 11.8 Å². The van der Waals surface area contributed by atoms with Crippen LogP contribution in [0.4, 0.5) is 11.4 Å². The fourth-order valence-electron chi connectivity index (χ4n) is 2.75. The van der Waals surface area contributed by atoms with E-state index in [2.05, 4.69) is 10.3 Å². The molecule has 25 heavy (non-hydrogen) atoms. The maximum absolute atomic E-state index is 12.9. The normalized spacial score (nSPS) is 14.9. The third-order valence-corrected chi connectivity index (χ3v) is 6.15. The van der Waals surface area contributed by atoms with Gasteiger partial charge in [0.05, 0.1) is 26.8 Å². The maximum atomic E-state index is 12.9. The zero-order valence-electron chi connectivity index (χ0n) is 13.4. The molecule has 2 aromatic carbocycles. The lowest BCUT2D eigenvalue weighted by atomic mass is 10.2. The number of nitrogens with zero attached hydrogens (tertiary/aromatic N) is 2. The minimum absolute atomic E-state index is 0.0423. The van der Waals surface area contributed by atoms with Crippen LogP contribution in [0, 0.1) is 0 Å². The van der Waals surface area contributed by atoms with Gasteiger partial charge in [0.1, 0.15) is 6.54 Å². The monoisotopic (exact) mass is 369 g/mol. The number of rotatable bonds is 3. The fourth-order valence-corrected chi connectivity index (χ4v) is 5.03. The second-order valence-corrected chi connectivity index (χ2v) is 8.32. The predicted molar refractivity (Wildman–Crippen MR) is 102 cm³/mol. The summed E-state index contributed by atoms with van der Waals surface area (Å²) in [5, 5.41) is 2.47. The number of carbonyl (C=O) groups is 2. The molecule has 0 spiro atoms. The lowest BCUT2D eigenvalue weighted by molar-refractivity contribution is -0.121. The molecule has 2 amide bonds. The van der Waals surface area contributed by atoms with E-state index >= 15 is 0 Å². The van der Waals surface area contributed by atoms with Gasteiger partial charge in [-0.15, -0.1) is 11.3 Å². The summed E-state index contributed by atoms with van der Waals surface area (Å²) in [5.74, 6) is -0.268. The number of aromatic nitrogens is 1. The van der Waals surface area contributed by atoms with Crippen LogP contribution in [0.1, 0.15) is 6.92 Å². The Labute approximate surface area is 153 Å². The van der Waals surface area contributed by atoms with Gasteiger partial charge >= 0.3 is 0 Å². The van der Waals surface area contributed by atoms with Crippen molar-refractivity contribution in [3.63, 3.8) is 0 Å². The van der Waals surface area contributed by atoms with Crippen molar-refractivity contribution < 1.29 is 9.59 Å². The van der Waals surface area contributed by atoms with E-state index in [1.54, 1.807) is 22.3 Å². The SMILES string of the molecule is C[C@@H](Sc1nc2ccccc2s1)C(=O)N1CC(=O)Nc2ccccc21. The molecule has 1 aromatic heterocycles. The van der Waals surface area contributed by atoms with Gasteiger partial charge in [0.15, 0.2) is 4.34 Å². The van der Waals surface area contributed by atoms with Crippen molar-refractivity contribution in [3.05, 3.63) is 48.5 Å². The van der Waals surface area contributed by atoms with Gasteiger partial charge in [0, 0.05) is 0 Å². The standard InChI is InChI=1S/C18H15N3O2S2/c1-11(24-18-20-13-7-3-5-9-15(13)25-18)17(23)21-10-16(22)19-12-6-2-4-8-14(12)21/h2-9,11H,10H2,1H3,(H,19,22)/t11-/m1/s1. The summed E-state index contributed by atoms with van der Waals surface area (Å²) in [5.41, 5.74) is 2.35. The molecule has 4 rings (SSSR count). The van der Waals surface area contributed by atoms with Gasteiger partial charge in [-0.2, -0.15) is 0 Å². The zero-order chi connectivity index (χ0) is 17.4. The Bertz CT molecular complexity index is 937. The van der Waals surface area contributed by atoms with Crippen LogP contribution in [0.15, 0.2) is 52.9 Å². The van der Waals surface area contributed by atoms with Crippen molar-refractivity contribution in [2.45, 2.75) is 16.5 Å². The molecule has 1 atom stereocenters. The van der Waals surface area contributed by atoms with Gasteiger partial charge in [-0.3, -0.25) is 14.5 Å². The van der Waals surface area contributed by atoms with Crippen LogP contribution in [-0.4, -0.2) is 28.6 Å². The van der Waals surface area contributed by atoms with Gasteiger partial charge in [0.2, 0.25) is 11.8 Å². The summed E-state index contributed by atoms with van der Waals surface area (Å²) in [6.07, 6.45) is 0. The molecule has 7 heteroatoms. The molecule has 126 valence electrons. The van der Waals surface area contributed by atoms with E-state index in [4.69, 9.17) is 0 Å². The minimum atomic E-state index is -0.334. The maximum Gasteiger partial charge on any atom is 0.244 e. The summed E-state index contributed by atoms with van der Waals surface area (Å²) in [6.45, 7) is 1.90.